The number of rotatable bonds is 11. The molecule has 0 bridgehead atoms. The fraction of sp³-hybridized carbons (Fsp3) is 0.333. The molecule has 2 aromatic carbocycles. The number of nitrogens with one attached hydrogen (secondary N) is 1. The van der Waals surface area contributed by atoms with Gasteiger partial charge in [-0.05, 0) is 46.0 Å². The number of thiazole rings is 1. The Labute approximate surface area is 223 Å². The van der Waals surface area contributed by atoms with Crippen molar-refractivity contribution in [1.82, 2.24) is 14.6 Å². The first-order chi connectivity index (χ1) is 17.0. The van der Waals surface area contributed by atoms with Crippen LogP contribution in [0.4, 0.5) is 9.93 Å². The van der Waals surface area contributed by atoms with E-state index in [4.69, 9.17) is 5.73 Å². The summed E-state index contributed by atoms with van der Waals surface area (Å²) in [7, 11) is -3.99. The second-order valence-corrected chi connectivity index (χ2v) is 13.0. The van der Waals surface area contributed by atoms with Gasteiger partial charge in [-0.15, -0.1) is 0 Å². The number of carbonyl (C=O) groups is 1. The first-order valence-corrected chi connectivity index (χ1v) is 14.3. The van der Waals surface area contributed by atoms with Crippen LogP contribution in [0.25, 0.3) is 11.3 Å². The summed E-state index contributed by atoms with van der Waals surface area (Å²) in [5, 5.41) is 23.0. The van der Waals surface area contributed by atoms with E-state index in [0.717, 1.165) is 9.35 Å². The fourth-order valence-corrected chi connectivity index (χ4v) is 6.77. The Morgan fingerprint density at radius 2 is 1.78 bits per heavy atom. The zero-order chi connectivity index (χ0) is 26.5. The first kappa shape index (κ1) is 28.1. The highest BCUT2D eigenvalue weighted by Gasteiger charge is 2.31. The molecule has 0 unspecified atom stereocenters. The molecule has 2 atom stereocenters. The van der Waals surface area contributed by atoms with Crippen molar-refractivity contribution in [2.75, 3.05) is 18.8 Å². The van der Waals surface area contributed by atoms with Crippen molar-refractivity contribution >= 4 is 48.5 Å². The average Bonchev–Trinajstić information content (AvgIpc) is 3.16. The predicted molar refractivity (Wildman–Crippen MR) is 144 cm³/mol. The monoisotopic (exact) mass is 596 g/mol. The number of nitrogen functional groups attached to an aromatic ring is 1. The largest absolute Gasteiger partial charge is 0.465 e. The standard InChI is InChI=1S/C24H29BrN4O5S2/c1-15(2)13-29(14-20(30)19(27-24(31)32)12-16-6-4-3-5-7-16)36(33,34)18-10-8-17(9-11-18)21-22(25)35-23(26)28-21/h3-11,15,19-20,27,30H,12-14H2,1-2H3,(H2,26,28)(H,31,32)/t19-,20+/m0/s1. The van der Waals surface area contributed by atoms with Crippen LogP contribution in [0.3, 0.4) is 0 Å². The molecule has 5 N–H and O–H groups in total. The van der Waals surface area contributed by atoms with E-state index in [9.17, 15) is 23.4 Å². The molecule has 0 fully saturated rings. The Kier molecular flexibility index (Phi) is 9.47. The summed E-state index contributed by atoms with van der Waals surface area (Å²) in [6.45, 7) is 3.63. The second kappa shape index (κ2) is 12.2. The minimum Gasteiger partial charge on any atom is -0.465 e. The van der Waals surface area contributed by atoms with Gasteiger partial charge in [0.1, 0.15) is 0 Å². The van der Waals surface area contributed by atoms with Crippen LogP contribution in [-0.4, -0.2) is 59.2 Å². The average molecular weight is 598 g/mol. The van der Waals surface area contributed by atoms with E-state index >= 15 is 0 Å². The normalized spacial score (nSPS) is 13.6. The summed E-state index contributed by atoms with van der Waals surface area (Å²) in [4.78, 5) is 15.7. The van der Waals surface area contributed by atoms with Crippen molar-refractivity contribution in [2.45, 2.75) is 37.3 Å². The van der Waals surface area contributed by atoms with Gasteiger partial charge in [-0.1, -0.05) is 67.6 Å². The highest BCUT2D eigenvalue weighted by molar-refractivity contribution is 9.11. The third-order valence-electron chi connectivity index (χ3n) is 5.40. The molecule has 0 aliphatic rings. The van der Waals surface area contributed by atoms with Crippen LogP contribution >= 0.6 is 27.3 Å². The molecule has 0 saturated heterocycles. The van der Waals surface area contributed by atoms with E-state index in [1.54, 1.807) is 12.1 Å². The molecule has 12 heteroatoms. The summed E-state index contributed by atoms with van der Waals surface area (Å²) in [5.74, 6) is -0.0276. The topological polar surface area (TPSA) is 146 Å². The van der Waals surface area contributed by atoms with Gasteiger partial charge in [0.2, 0.25) is 10.0 Å². The minimum atomic E-state index is -3.99. The summed E-state index contributed by atoms with van der Waals surface area (Å²) < 4.78 is 29.1. The number of nitrogens with zero attached hydrogens (tertiary/aromatic N) is 2. The van der Waals surface area contributed by atoms with E-state index in [0.29, 0.717) is 16.4 Å². The van der Waals surface area contributed by atoms with Crippen LogP contribution in [0.5, 0.6) is 0 Å². The van der Waals surface area contributed by atoms with Gasteiger partial charge in [-0.2, -0.15) is 4.31 Å². The lowest BCUT2D eigenvalue weighted by molar-refractivity contribution is 0.0980. The van der Waals surface area contributed by atoms with E-state index in [1.807, 2.05) is 44.2 Å². The van der Waals surface area contributed by atoms with Gasteiger partial charge in [0.15, 0.2) is 5.13 Å². The van der Waals surface area contributed by atoms with Crippen molar-refractivity contribution < 1.29 is 23.4 Å². The van der Waals surface area contributed by atoms with Crippen LogP contribution in [0.1, 0.15) is 19.4 Å². The lowest BCUT2D eigenvalue weighted by Crippen LogP contribution is -2.50. The Morgan fingerprint density at radius 3 is 2.31 bits per heavy atom. The molecule has 0 saturated carbocycles. The van der Waals surface area contributed by atoms with Gasteiger partial charge >= 0.3 is 6.09 Å². The van der Waals surface area contributed by atoms with Crippen molar-refractivity contribution in [3.05, 3.63) is 63.9 Å². The van der Waals surface area contributed by atoms with E-state index in [1.165, 1.54) is 27.8 Å². The maximum absolute atomic E-state index is 13.6. The molecule has 3 rings (SSSR count). The number of benzene rings is 2. The number of nitrogens with two attached hydrogens (primary N) is 1. The zero-order valence-electron chi connectivity index (χ0n) is 19.8. The third kappa shape index (κ3) is 7.26. The van der Waals surface area contributed by atoms with Gasteiger partial charge in [-0.3, -0.25) is 0 Å². The molecule has 3 aromatic rings. The molecular weight excluding hydrogens is 568 g/mol. The first-order valence-electron chi connectivity index (χ1n) is 11.2. The zero-order valence-corrected chi connectivity index (χ0v) is 23.1. The maximum atomic E-state index is 13.6. The molecule has 0 aliphatic carbocycles. The molecule has 0 aliphatic heterocycles. The SMILES string of the molecule is CC(C)CN(C[C@@H](O)[C@H](Cc1ccccc1)NC(=O)O)S(=O)(=O)c1ccc(-c2nc(N)sc2Br)cc1. The number of sulfonamides is 1. The summed E-state index contributed by atoms with van der Waals surface area (Å²) in [6.07, 6.45) is -2.36. The molecule has 1 aromatic heterocycles. The molecule has 0 spiro atoms. The molecule has 9 nitrogen and oxygen atoms in total. The summed E-state index contributed by atoms with van der Waals surface area (Å²) in [6, 6.07) is 14.5. The van der Waals surface area contributed by atoms with Gasteiger partial charge in [0, 0.05) is 18.7 Å². The van der Waals surface area contributed by atoms with E-state index in [2.05, 4.69) is 26.2 Å². The maximum Gasteiger partial charge on any atom is 0.404 e. The number of anilines is 1. The number of hydrogen-bond acceptors (Lipinski definition) is 7. The van der Waals surface area contributed by atoms with Crippen LogP contribution in [-0.2, 0) is 16.4 Å². The Balaban J connectivity index is 1.85. The minimum absolute atomic E-state index is 0.0276. The van der Waals surface area contributed by atoms with Crippen molar-refractivity contribution in [3.63, 3.8) is 0 Å². The molecule has 36 heavy (non-hydrogen) atoms. The number of halogens is 1. The quantitative estimate of drug-likeness (QED) is 0.261. The van der Waals surface area contributed by atoms with Crippen LogP contribution in [0.15, 0.2) is 63.3 Å². The van der Waals surface area contributed by atoms with Gasteiger partial charge in [0.05, 0.1) is 26.5 Å². The number of carboxylic acid groups (broad SMARTS) is 1. The Morgan fingerprint density at radius 1 is 1.14 bits per heavy atom. The van der Waals surface area contributed by atoms with E-state index < -0.39 is 28.3 Å². The third-order valence-corrected chi connectivity index (χ3v) is 8.78. The van der Waals surface area contributed by atoms with Crippen LogP contribution < -0.4 is 11.1 Å². The Hall–Kier alpha value is -2.51. The van der Waals surface area contributed by atoms with Crippen molar-refractivity contribution in [1.29, 1.82) is 0 Å². The molecule has 1 amide bonds. The van der Waals surface area contributed by atoms with Crippen LogP contribution in [0.2, 0.25) is 0 Å². The molecule has 194 valence electrons. The highest BCUT2D eigenvalue weighted by Crippen LogP contribution is 2.34. The predicted octanol–water partition coefficient (Wildman–Crippen LogP) is 4.04. The molecule has 0 radical (unpaired) electrons. The number of hydrogen-bond donors (Lipinski definition) is 4. The van der Waals surface area contributed by atoms with Crippen molar-refractivity contribution in [3.8, 4) is 11.3 Å². The fourth-order valence-electron chi connectivity index (χ4n) is 3.75. The molecular formula is C24H29BrN4O5S2. The summed E-state index contributed by atoms with van der Waals surface area (Å²) >= 11 is 4.70. The number of aliphatic hydroxyl groups is 1. The van der Waals surface area contributed by atoms with Crippen LogP contribution in [0, 0.1) is 5.92 Å². The van der Waals surface area contributed by atoms with Gasteiger partial charge in [0.25, 0.3) is 0 Å². The van der Waals surface area contributed by atoms with Gasteiger partial charge < -0.3 is 21.3 Å². The van der Waals surface area contributed by atoms with E-state index in [-0.39, 0.29) is 30.3 Å². The number of amides is 1. The summed E-state index contributed by atoms with van der Waals surface area (Å²) in [5.41, 5.74) is 7.91. The Bertz CT molecular complexity index is 1270. The molecule has 1 heterocycles. The highest BCUT2D eigenvalue weighted by atomic mass is 79.9. The second-order valence-electron chi connectivity index (χ2n) is 8.73. The number of aliphatic hydroxyl groups excluding tert-OH is 1. The van der Waals surface area contributed by atoms with Gasteiger partial charge in [-0.25, -0.2) is 18.2 Å². The lowest BCUT2D eigenvalue weighted by Gasteiger charge is -2.30. The lowest BCUT2D eigenvalue weighted by atomic mass is 10.0. The smallest absolute Gasteiger partial charge is 0.404 e. The van der Waals surface area contributed by atoms with Crippen molar-refractivity contribution in [2.24, 2.45) is 5.92 Å². The number of aromatic nitrogens is 1.